The molecular weight excluding hydrogens is 229 g/mol. The van der Waals surface area contributed by atoms with Gasteiger partial charge in [-0.25, -0.2) is 0 Å². The summed E-state index contributed by atoms with van der Waals surface area (Å²) in [4.78, 5) is 0. The molecule has 2 rings (SSSR count). The van der Waals surface area contributed by atoms with Crippen molar-refractivity contribution in [1.82, 2.24) is 0 Å². The largest absolute Gasteiger partial charge is 0.494 e. The van der Waals surface area contributed by atoms with Crippen molar-refractivity contribution in [2.24, 2.45) is 5.16 Å². The highest BCUT2D eigenvalue weighted by Gasteiger charge is 2.51. The van der Waals surface area contributed by atoms with E-state index < -0.39 is 0 Å². The lowest BCUT2D eigenvalue weighted by molar-refractivity contribution is 0.00578. The van der Waals surface area contributed by atoms with Gasteiger partial charge in [-0.1, -0.05) is 29.4 Å². The molecule has 0 saturated carbocycles. The smallest absolute Gasteiger partial charge is 0.411 e. The first-order chi connectivity index (χ1) is 8.36. The summed E-state index contributed by atoms with van der Waals surface area (Å²) in [6.07, 6.45) is 1.38. The van der Waals surface area contributed by atoms with Gasteiger partial charge < -0.3 is 14.5 Å². The van der Waals surface area contributed by atoms with Crippen molar-refractivity contribution in [3.8, 4) is 0 Å². The topological polar surface area (TPSA) is 51.0 Å². The Bertz CT molecular complexity index is 438. The summed E-state index contributed by atoms with van der Waals surface area (Å²) < 4.78 is 11.9. The third-order valence-electron chi connectivity index (χ3n) is 3.67. The molecule has 18 heavy (non-hydrogen) atoms. The van der Waals surface area contributed by atoms with Crippen molar-refractivity contribution in [2.45, 2.75) is 38.9 Å². The first kappa shape index (κ1) is 13.1. The van der Waals surface area contributed by atoms with Gasteiger partial charge in [0.2, 0.25) is 0 Å². The number of hydrogen-bond donors (Lipinski definition) is 1. The summed E-state index contributed by atoms with van der Waals surface area (Å²) >= 11 is 0. The highest BCUT2D eigenvalue weighted by atomic mass is 16.7. The van der Waals surface area contributed by atoms with Gasteiger partial charge in [0.15, 0.2) is 0 Å². The molecule has 0 spiro atoms. The van der Waals surface area contributed by atoms with Crippen LogP contribution in [0.1, 0.15) is 33.3 Å². The van der Waals surface area contributed by atoms with Gasteiger partial charge in [-0.05, 0) is 38.7 Å². The highest BCUT2D eigenvalue weighted by molar-refractivity contribution is 6.62. The molecule has 4 nitrogen and oxygen atoms in total. The first-order valence-corrected chi connectivity index (χ1v) is 5.99. The van der Waals surface area contributed by atoms with Crippen LogP contribution in [0.5, 0.6) is 0 Å². The van der Waals surface area contributed by atoms with Crippen molar-refractivity contribution in [2.75, 3.05) is 0 Å². The van der Waals surface area contributed by atoms with Gasteiger partial charge in [0, 0.05) is 0 Å². The third-order valence-corrected chi connectivity index (χ3v) is 3.67. The molecule has 96 valence electrons. The SMILES string of the molecule is CC1(C)OB(c2ccc(/C=N\O)cc2)OC1(C)C. The Balaban J connectivity index is 2.19. The molecule has 0 atom stereocenters. The Labute approximate surface area is 108 Å². The zero-order valence-electron chi connectivity index (χ0n) is 11.2. The first-order valence-electron chi connectivity index (χ1n) is 5.99. The molecule has 1 N–H and O–H groups in total. The summed E-state index contributed by atoms with van der Waals surface area (Å²) in [6, 6.07) is 7.55. The molecule has 1 fully saturated rings. The molecule has 0 aromatic heterocycles. The van der Waals surface area contributed by atoms with Gasteiger partial charge in [0.05, 0.1) is 17.4 Å². The van der Waals surface area contributed by atoms with Gasteiger partial charge in [-0.3, -0.25) is 0 Å². The van der Waals surface area contributed by atoms with Crippen LogP contribution in [-0.4, -0.2) is 29.7 Å². The van der Waals surface area contributed by atoms with Gasteiger partial charge in [-0.2, -0.15) is 0 Å². The number of rotatable bonds is 2. The van der Waals surface area contributed by atoms with E-state index in [1.807, 2.05) is 52.0 Å². The fourth-order valence-electron chi connectivity index (χ4n) is 1.79. The molecular formula is C13H18BNO3. The number of nitrogens with zero attached hydrogens (tertiary/aromatic N) is 1. The summed E-state index contributed by atoms with van der Waals surface area (Å²) in [6.45, 7) is 8.11. The van der Waals surface area contributed by atoms with E-state index in [2.05, 4.69) is 5.16 Å². The minimum absolute atomic E-state index is 0.330. The minimum Gasteiger partial charge on any atom is -0.411 e. The number of hydrogen-bond acceptors (Lipinski definition) is 4. The summed E-state index contributed by atoms with van der Waals surface area (Å²) in [5.41, 5.74) is 1.13. The molecule has 5 heteroatoms. The standard InChI is InChI=1S/C13H18BNO3/c1-12(2)13(3,4)18-14(17-12)11-7-5-10(6-8-11)9-15-16/h5-9,16H,1-4H3/b15-9-. The van der Waals surface area contributed by atoms with E-state index in [0.717, 1.165) is 11.0 Å². The van der Waals surface area contributed by atoms with Gasteiger partial charge >= 0.3 is 7.12 Å². The zero-order chi connectivity index (χ0) is 13.4. The second-order valence-corrected chi connectivity index (χ2v) is 5.50. The van der Waals surface area contributed by atoms with Crippen LogP contribution in [0.2, 0.25) is 0 Å². The summed E-state index contributed by atoms with van der Waals surface area (Å²) in [5.74, 6) is 0. The predicted molar refractivity (Wildman–Crippen MR) is 71.5 cm³/mol. The molecule has 0 radical (unpaired) electrons. The molecule has 0 aliphatic carbocycles. The lowest BCUT2D eigenvalue weighted by Gasteiger charge is -2.32. The van der Waals surface area contributed by atoms with Crippen LogP contribution in [0.25, 0.3) is 0 Å². The van der Waals surface area contributed by atoms with Crippen molar-refractivity contribution in [3.05, 3.63) is 29.8 Å². The van der Waals surface area contributed by atoms with Crippen LogP contribution < -0.4 is 5.46 Å². The van der Waals surface area contributed by atoms with E-state index in [4.69, 9.17) is 14.5 Å². The molecule has 0 amide bonds. The number of benzene rings is 1. The minimum atomic E-state index is -0.352. The molecule has 1 aliphatic rings. The Hall–Kier alpha value is -1.33. The lowest BCUT2D eigenvalue weighted by atomic mass is 9.79. The van der Waals surface area contributed by atoms with Crippen molar-refractivity contribution >= 4 is 18.8 Å². The Morgan fingerprint density at radius 3 is 2.00 bits per heavy atom. The third kappa shape index (κ3) is 2.28. The van der Waals surface area contributed by atoms with E-state index in [-0.39, 0.29) is 18.3 Å². The summed E-state index contributed by atoms with van der Waals surface area (Å²) in [7, 11) is -0.352. The van der Waals surface area contributed by atoms with E-state index in [9.17, 15) is 0 Å². The molecule has 0 bridgehead atoms. The maximum absolute atomic E-state index is 8.46. The molecule has 1 heterocycles. The Morgan fingerprint density at radius 2 is 1.56 bits per heavy atom. The van der Waals surface area contributed by atoms with Crippen molar-refractivity contribution in [3.63, 3.8) is 0 Å². The summed E-state index contributed by atoms with van der Waals surface area (Å²) in [5, 5.41) is 11.4. The maximum atomic E-state index is 8.46. The van der Waals surface area contributed by atoms with Gasteiger partial charge in [-0.15, -0.1) is 0 Å². The van der Waals surface area contributed by atoms with E-state index >= 15 is 0 Å². The predicted octanol–water partition coefficient (Wildman–Crippen LogP) is 1.79. The average Bonchev–Trinajstić information content (AvgIpc) is 2.50. The van der Waals surface area contributed by atoms with Crippen LogP contribution in [-0.2, 0) is 9.31 Å². The Kier molecular flexibility index (Phi) is 3.21. The molecule has 1 aliphatic heterocycles. The van der Waals surface area contributed by atoms with Crippen molar-refractivity contribution in [1.29, 1.82) is 0 Å². The zero-order valence-corrected chi connectivity index (χ0v) is 11.2. The molecule has 1 aromatic rings. The van der Waals surface area contributed by atoms with Gasteiger partial charge in [0.25, 0.3) is 0 Å². The number of oxime groups is 1. The molecule has 1 saturated heterocycles. The highest BCUT2D eigenvalue weighted by Crippen LogP contribution is 2.36. The normalized spacial score (nSPS) is 21.7. The monoisotopic (exact) mass is 247 g/mol. The van der Waals surface area contributed by atoms with Crippen LogP contribution >= 0.6 is 0 Å². The second-order valence-electron chi connectivity index (χ2n) is 5.50. The van der Waals surface area contributed by atoms with Crippen LogP contribution in [0.15, 0.2) is 29.4 Å². The van der Waals surface area contributed by atoms with E-state index in [1.165, 1.54) is 6.21 Å². The van der Waals surface area contributed by atoms with E-state index in [1.54, 1.807) is 0 Å². The van der Waals surface area contributed by atoms with Crippen LogP contribution in [0.3, 0.4) is 0 Å². The van der Waals surface area contributed by atoms with Crippen molar-refractivity contribution < 1.29 is 14.5 Å². The van der Waals surface area contributed by atoms with Gasteiger partial charge in [0.1, 0.15) is 0 Å². The van der Waals surface area contributed by atoms with Crippen LogP contribution in [0.4, 0.5) is 0 Å². The lowest BCUT2D eigenvalue weighted by Crippen LogP contribution is -2.41. The molecule has 1 aromatic carbocycles. The second kappa shape index (κ2) is 4.41. The fourth-order valence-corrected chi connectivity index (χ4v) is 1.79. The average molecular weight is 247 g/mol. The van der Waals surface area contributed by atoms with Crippen LogP contribution in [0, 0.1) is 0 Å². The maximum Gasteiger partial charge on any atom is 0.494 e. The van der Waals surface area contributed by atoms with E-state index in [0.29, 0.717) is 0 Å². The quantitative estimate of drug-likeness (QED) is 0.375. The fraction of sp³-hybridized carbons (Fsp3) is 0.462. The Morgan fingerprint density at radius 1 is 1.06 bits per heavy atom. The molecule has 0 unspecified atom stereocenters.